The Kier molecular flexibility index (Phi) is 5.06. The van der Waals surface area contributed by atoms with Crippen molar-refractivity contribution >= 4 is 23.2 Å². The van der Waals surface area contributed by atoms with Crippen LogP contribution in [0.25, 0.3) is 0 Å². The molecule has 2 amide bonds. The Labute approximate surface area is 152 Å². The Morgan fingerprint density at radius 1 is 1.23 bits per heavy atom. The van der Waals surface area contributed by atoms with E-state index in [-0.39, 0.29) is 18.4 Å². The molecule has 0 spiro atoms. The Morgan fingerprint density at radius 2 is 1.96 bits per heavy atom. The highest BCUT2D eigenvalue weighted by molar-refractivity contribution is 5.99. The second-order valence-corrected chi connectivity index (χ2v) is 6.62. The molecule has 1 unspecified atom stereocenters. The van der Waals surface area contributed by atoms with E-state index in [1.165, 1.54) is 0 Å². The second kappa shape index (κ2) is 7.27. The number of ether oxygens (including phenoxy) is 1. The van der Waals surface area contributed by atoms with Gasteiger partial charge < -0.3 is 20.7 Å². The summed E-state index contributed by atoms with van der Waals surface area (Å²) in [4.78, 5) is 26.4. The van der Waals surface area contributed by atoms with Crippen molar-refractivity contribution in [2.24, 2.45) is 5.73 Å². The summed E-state index contributed by atoms with van der Waals surface area (Å²) in [6.07, 6.45) is 0. The van der Waals surface area contributed by atoms with Gasteiger partial charge in [-0.3, -0.25) is 9.59 Å². The molecule has 2 aromatic carbocycles. The fourth-order valence-electron chi connectivity index (χ4n) is 2.99. The third-order valence-corrected chi connectivity index (χ3v) is 4.58. The molecule has 26 heavy (non-hydrogen) atoms. The summed E-state index contributed by atoms with van der Waals surface area (Å²) in [6.45, 7) is 4.74. The van der Waals surface area contributed by atoms with Crippen molar-refractivity contribution in [2.45, 2.75) is 19.4 Å². The molecule has 1 atom stereocenters. The Bertz CT molecular complexity index is 818. The fraction of sp³-hybridized carbons (Fsp3) is 0.300. The molecule has 2 aromatic rings. The van der Waals surface area contributed by atoms with E-state index in [0.717, 1.165) is 16.8 Å². The zero-order chi connectivity index (χ0) is 18.7. The highest BCUT2D eigenvalue weighted by atomic mass is 16.5. The van der Waals surface area contributed by atoms with Crippen LogP contribution >= 0.6 is 0 Å². The molecule has 1 heterocycles. The van der Waals surface area contributed by atoms with Crippen LogP contribution in [0.3, 0.4) is 0 Å². The molecular formula is C20H23N3O3. The van der Waals surface area contributed by atoms with E-state index in [1.807, 2.05) is 49.4 Å². The Hall–Kier alpha value is -2.70. The first-order valence-corrected chi connectivity index (χ1v) is 8.54. The number of carbonyl (C=O) groups excluding carboxylic acids is 2. The predicted molar refractivity (Wildman–Crippen MR) is 101 cm³/mol. The number of carbonyl (C=O) groups is 2. The van der Waals surface area contributed by atoms with Gasteiger partial charge in [-0.15, -0.1) is 0 Å². The maximum Gasteiger partial charge on any atom is 0.253 e. The molecular weight excluding hydrogens is 330 g/mol. The molecule has 3 N–H and O–H groups in total. The number of anilines is 2. The molecule has 1 aliphatic heterocycles. The SMILES string of the molecule is Cc1cc(NC(=O)C(C)(N)c2ccccc2)ccc1N1CCOCC1=O. The van der Waals surface area contributed by atoms with Crippen molar-refractivity contribution in [3.8, 4) is 0 Å². The minimum atomic E-state index is -1.14. The number of aryl methyl sites for hydroxylation is 1. The van der Waals surface area contributed by atoms with E-state index in [4.69, 9.17) is 10.5 Å². The molecule has 0 aromatic heterocycles. The zero-order valence-corrected chi connectivity index (χ0v) is 15.0. The van der Waals surface area contributed by atoms with Crippen LogP contribution in [0.1, 0.15) is 18.1 Å². The number of amides is 2. The van der Waals surface area contributed by atoms with Gasteiger partial charge in [-0.05, 0) is 43.2 Å². The van der Waals surface area contributed by atoms with Crippen molar-refractivity contribution in [3.63, 3.8) is 0 Å². The maximum absolute atomic E-state index is 12.7. The van der Waals surface area contributed by atoms with Crippen LogP contribution < -0.4 is 16.0 Å². The normalized spacial score (nSPS) is 16.9. The largest absolute Gasteiger partial charge is 0.370 e. The van der Waals surface area contributed by atoms with Gasteiger partial charge in [0, 0.05) is 17.9 Å². The van der Waals surface area contributed by atoms with E-state index >= 15 is 0 Å². The van der Waals surface area contributed by atoms with E-state index in [2.05, 4.69) is 5.32 Å². The van der Waals surface area contributed by atoms with Crippen LogP contribution in [-0.2, 0) is 19.9 Å². The summed E-state index contributed by atoms with van der Waals surface area (Å²) in [6, 6.07) is 14.7. The van der Waals surface area contributed by atoms with Crippen LogP contribution in [-0.4, -0.2) is 31.6 Å². The van der Waals surface area contributed by atoms with Gasteiger partial charge in [0.25, 0.3) is 5.91 Å². The molecule has 0 saturated carbocycles. The standard InChI is InChI=1S/C20H23N3O3/c1-14-12-16(8-9-17(14)23-10-11-26-13-18(23)24)22-19(25)20(2,21)15-6-4-3-5-7-15/h3-9,12H,10-11,13,21H2,1-2H3,(H,22,25). The Balaban J connectivity index is 1.77. The Morgan fingerprint density at radius 3 is 2.62 bits per heavy atom. The first-order valence-electron chi connectivity index (χ1n) is 8.54. The minimum absolute atomic E-state index is 0.0604. The first-order chi connectivity index (χ1) is 12.4. The van der Waals surface area contributed by atoms with Gasteiger partial charge in [0.15, 0.2) is 0 Å². The van der Waals surface area contributed by atoms with Gasteiger partial charge in [-0.2, -0.15) is 0 Å². The second-order valence-electron chi connectivity index (χ2n) is 6.62. The minimum Gasteiger partial charge on any atom is -0.370 e. The molecule has 6 heteroatoms. The average Bonchev–Trinajstić information content (AvgIpc) is 2.63. The summed E-state index contributed by atoms with van der Waals surface area (Å²) in [5.74, 6) is -0.354. The lowest BCUT2D eigenvalue weighted by atomic mass is 9.92. The fourth-order valence-corrected chi connectivity index (χ4v) is 2.99. The van der Waals surface area contributed by atoms with Crippen molar-refractivity contribution < 1.29 is 14.3 Å². The predicted octanol–water partition coefficient (Wildman–Crippen LogP) is 2.17. The van der Waals surface area contributed by atoms with E-state index in [0.29, 0.717) is 18.8 Å². The van der Waals surface area contributed by atoms with E-state index < -0.39 is 5.54 Å². The third kappa shape index (κ3) is 3.61. The monoisotopic (exact) mass is 353 g/mol. The van der Waals surface area contributed by atoms with E-state index in [1.54, 1.807) is 17.9 Å². The smallest absolute Gasteiger partial charge is 0.253 e. The van der Waals surface area contributed by atoms with Gasteiger partial charge in [0.2, 0.25) is 5.91 Å². The van der Waals surface area contributed by atoms with Gasteiger partial charge in [-0.1, -0.05) is 30.3 Å². The summed E-state index contributed by atoms with van der Waals surface area (Å²) >= 11 is 0. The van der Waals surface area contributed by atoms with Gasteiger partial charge in [-0.25, -0.2) is 0 Å². The van der Waals surface area contributed by atoms with Crippen LogP contribution in [0.5, 0.6) is 0 Å². The summed E-state index contributed by atoms with van der Waals surface area (Å²) in [7, 11) is 0. The number of hydrogen-bond donors (Lipinski definition) is 2. The molecule has 1 aliphatic rings. The highest BCUT2D eigenvalue weighted by Crippen LogP contribution is 2.26. The van der Waals surface area contributed by atoms with Crippen LogP contribution in [0, 0.1) is 6.92 Å². The molecule has 136 valence electrons. The van der Waals surface area contributed by atoms with Crippen LogP contribution in [0.15, 0.2) is 48.5 Å². The lowest BCUT2D eigenvalue weighted by Crippen LogP contribution is -2.45. The lowest BCUT2D eigenvalue weighted by Gasteiger charge is -2.28. The van der Waals surface area contributed by atoms with Crippen LogP contribution in [0.4, 0.5) is 11.4 Å². The number of morpholine rings is 1. The van der Waals surface area contributed by atoms with Crippen LogP contribution in [0.2, 0.25) is 0 Å². The number of rotatable bonds is 4. The third-order valence-electron chi connectivity index (χ3n) is 4.58. The molecule has 0 aliphatic carbocycles. The quantitative estimate of drug-likeness (QED) is 0.882. The number of hydrogen-bond acceptors (Lipinski definition) is 4. The van der Waals surface area contributed by atoms with Crippen molar-refractivity contribution in [3.05, 3.63) is 59.7 Å². The first kappa shape index (κ1) is 18.1. The molecule has 6 nitrogen and oxygen atoms in total. The number of nitrogens with one attached hydrogen (secondary N) is 1. The topological polar surface area (TPSA) is 84.7 Å². The van der Waals surface area contributed by atoms with Crippen molar-refractivity contribution in [2.75, 3.05) is 30.0 Å². The number of nitrogens with zero attached hydrogens (tertiary/aromatic N) is 1. The molecule has 3 rings (SSSR count). The van der Waals surface area contributed by atoms with E-state index in [9.17, 15) is 9.59 Å². The lowest BCUT2D eigenvalue weighted by molar-refractivity contribution is -0.125. The summed E-state index contributed by atoms with van der Waals surface area (Å²) in [5.41, 5.74) is 8.22. The zero-order valence-electron chi connectivity index (χ0n) is 15.0. The summed E-state index contributed by atoms with van der Waals surface area (Å²) < 4.78 is 5.17. The number of nitrogens with two attached hydrogens (primary N) is 1. The van der Waals surface area contributed by atoms with Gasteiger partial charge >= 0.3 is 0 Å². The van der Waals surface area contributed by atoms with Crippen molar-refractivity contribution in [1.29, 1.82) is 0 Å². The summed E-state index contributed by atoms with van der Waals surface area (Å²) in [5, 5.41) is 2.87. The maximum atomic E-state index is 12.7. The van der Waals surface area contributed by atoms with Gasteiger partial charge in [0.1, 0.15) is 12.1 Å². The number of benzene rings is 2. The molecule has 0 bridgehead atoms. The molecule has 1 saturated heterocycles. The van der Waals surface area contributed by atoms with Crippen molar-refractivity contribution in [1.82, 2.24) is 0 Å². The van der Waals surface area contributed by atoms with Gasteiger partial charge in [0.05, 0.1) is 6.61 Å². The molecule has 1 fully saturated rings. The highest BCUT2D eigenvalue weighted by Gasteiger charge is 2.30. The molecule has 0 radical (unpaired) electrons. The average molecular weight is 353 g/mol.